The molecular formula is C17H14N2O4S. The average molecular weight is 342 g/mol. The van der Waals surface area contributed by atoms with Crippen molar-refractivity contribution < 1.29 is 14.8 Å². The van der Waals surface area contributed by atoms with Crippen LogP contribution in [0.2, 0.25) is 0 Å². The molecule has 0 fully saturated rings. The minimum atomic E-state index is -0.541. The molecule has 122 valence electrons. The molecule has 1 aliphatic rings. The summed E-state index contributed by atoms with van der Waals surface area (Å²) in [5.41, 5.74) is 1.27. The third-order valence-corrected chi connectivity index (χ3v) is 5.64. The Hall–Kier alpha value is -2.67. The predicted octanol–water partition coefficient (Wildman–Crippen LogP) is 3.95. The molecule has 1 aromatic carbocycles. The van der Waals surface area contributed by atoms with Crippen molar-refractivity contribution in [1.82, 2.24) is 4.98 Å². The second kappa shape index (κ2) is 5.45. The second-order valence-corrected chi connectivity index (χ2v) is 7.01. The van der Waals surface area contributed by atoms with Gasteiger partial charge in [-0.1, -0.05) is 12.1 Å². The topological polar surface area (TPSA) is 96.2 Å². The monoisotopic (exact) mass is 342 g/mol. The van der Waals surface area contributed by atoms with E-state index in [2.05, 4.69) is 4.98 Å². The van der Waals surface area contributed by atoms with E-state index in [0.29, 0.717) is 0 Å². The number of non-ortho nitro benzene ring substituents is 1. The van der Waals surface area contributed by atoms with Crippen LogP contribution in [0.15, 0.2) is 24.3 Å². The highest BCUT2D eigenvalue weighted by molar-refractivity contribution is 7.19. The number of H-pyrrole nitrogens is 1. The van der Waals surface area contributed by atoms with Gasteiger partial charge in [0, 0.05) is 22.6 Å². The van der Waals surface area contributed by atoms with Gasteiger partial charge in [0.25, 0.3) is 5.69 Å². The summed E-state index contributed by atoms with van der Waals surface area (Å²) in [5, 5.41) is 22.2. The van der Waals surface area contributed by atoms with Gasteiger partial charge in [-0.05, 0) is 31.2 Å². The van der Waals surface area contributed by atoms with Crippen LogP contribution >= 0.6 is 11.3 Å². The van der Waals surface area contributed by atoms with Crippen molar-refractivity contribution in [3.05, 3.63) is 56.1 Å². The summed E-state index contributed by atoms with van der Waals surface area (Å²) in [7, 11) is 0. The van der Waals surface area contributed by atoms with Crippen LogP contribution in [0, 0.1) is 10.1 Å². The highest BCUT2D eigenvalue weighted by Gasteiger charge is 2.26. The van der Waals surface area contributed by atoms with Crippen molar-refractivity contribution in [1.29, 1.82) is 0 Å². The quantitative estimate of drug-likeness (QED) is 0.428. The number of carbonyl (C=O) groups is 1. The number of fused-ring (bicyclic) bond motifs is 3. The zero-order valence-corrected chi connectivity index (χ0v) is 13.5. The van der Waals surface area contributed by atoms with E-state index in [9.17, 15) is 20.0 Å². The molecule has 7 heteroatoms. The van der Waals surface area contributed by atoms with Crippen LogP contribution < -0.4 is 0 Å². The zero-order valence-electron chi connectivity index (χ0n) is 12.7. The first-order valence-electron chi connectivity index (χ1n) is 7.70. The van der Waals surface area contributed by atoms with Gasteiger partial charge in [0.1, 0.15) is 10.5 Å². The SMILES string of the molecule is O=C(c1cccc([N+](=O)[O-])c1)c1[nH]c2sc3c(c2c1O)CCCC3. The van der Waals surface area contributed by atoms with Gasteiger partial charge in [0.05, 0.1) is 10.3 Å². The zero-order chi connectivity index (χ0) is 16.8. The van der Waals surface area contributed by atoms with Crippen LogP contribution in [0.5, 0.6) is 5.75 Å². The number of aromatic hydroxyl groups is 1. The molecule has 24 heavy (non-hydrogen) atoms. The molecule has 0 atom stereocenters. The van der Waals surface area contributed by atoms with Crippen LogP contribution in [-0.4, -0.2) is 20.8 Å². The molecule has 0 saturated carbocycles. The third kappa shape index (κ3) is 2.20. The summed E-state index contributed by atoms with van der Waals surface area (Å²) in [6.07, 6.45) is 4.15. The molecule has 0 radical (unpaired) electrons. The van der Waals surface area contributed by atoms with Crippen LogP contribution in [0.25, 0.3) is 10.2 Å². The average Bonchev–Trinajstić information content (AvgIpc) is 3.11. The number of benzene rings is 1. The van der Waals surface area contributed by atoms with Gasteiger partial charge in [-0.15, -0.1) is 11.3 Å². The lowest BCUT2D eigenvalue weighted by Crippen LogP contribution is -2.03. The van der Waals surface area contributed by atoms with E-state index in [0.717, 1.165) is 41.5 Å². The van der Waals surface area contributed by atoms with Crippen molar-refractivity contribution in [2.75, 3.05) is 0 Å². The lowest BCUT2D eigenvalue weighted by molar-refractivity contribution is -0.384. The van der Waals surface area contributed by atoms with E-state index < -0.39 is 10.7 Å². The molecule has 0 bridgehead atoms. The van der Waals surface area contributed by atoms with E-state index in [-0.39, 0.29) is 22.7 Å². The van der Waals surface area contributed by atoms with Crippen molar-refractivity contribution in [3.8, 4) is 5.75 Å². The standard InChI is InChI=1S/C17H14N2O4S/c20-15(9-4-3-5-10(8-9)19(22)23)14-16(21)13-11-6-1-2-7-12(11)24-17(13)18-14/h3-5,8,18,21H,1-2,6-7H2. The number of aromatic amines is 1. The van der Waals surface area contributed by atoms with E-state index in [1.54, 1.807) is 11.3 Å². The Morgan fingerprint density at radius 3 is 2.88 bits per heavy atom. The lowest BCUT2D eigenvalue weighted by atomic mass is 9.96. The molecule has 0 amide bonds. The van der Waals surface area contributed by atoms with Gasteiger partial charge in [0.15, 0.2) is 5.75 Å². The fourth-order valence-electron chi connectivity index (χ4n) is 3.27. The van der Waals surface area contributed by atoms with Gasteiger partial charge < -0.3 is 10.1 Å². The molecule has 0 saturated heterocycles. The number of nitrogens with zero attached hydrogens (tertiary/aromatic N) is 1. The molecule has 2 heterocycles. The van der Waals surface area contributed by atoms with Gasteiger partial charge in [-0.25, -0.2) is 0 Å². The normalized spacial score (nSPS) is 13.8. The number of nitrogens with one attached hydrogen (secondary N) is 1. The minimum Gasteiger partial charge on any atom is -0.505 e. The number of rotatable bonds is 3. The van der Waals surface area contributed by atoms with Crippen molar-refractivity contribution in [2.24, 2.45) is 0 Å². The second-order valence-electron chi connectivity index (χ2n) is 5.90. The maximum Gasteiger partial charge on any atom is 0.270 e. The number of hydrogen-bond acceptors (Lipinski definition) is 5. The smallest absolute Gasteiger partial charge is 0.270 e. The maximum absolute atomic E-state index is 12.7. The van der Waals surface area contributed by atoms with E-state index in [1.165, 1.54) is 29.1 Å². The van der Waals surface area contributed by atoms with E-state index >= 15 is 0 Å². The fraction of sp³-hybridized carbons (Fsp3) is 0.235. The van der Waals surface area contributed by atoms with Crippen LogP contribution in [0.1, 0.15) is 39.3 Å². The van der Waals surface area contributed by atoms with Crippen molar-refractivity contribution in [2.45, 2.75) is 25.7 Å². The Morgan fingerprint density at radius 2 is 2.08 bits per heavy atom. The highest BCUT2D eigenvalue weighted by atomic mass is 32.1. The summed E-state index contributed by atoms with van der Waals surface area (Å²) in [4.78, 5) is 28.1. The number of carbonyl (C=O) groups excluding carboxylic acids is 1. The minimum absolute atomic E-state index is 0.0408. The summed E-state index contributed by atoms with van der Waals surface area (Å²) in [6, 6.07) is 5.54. The number of hydrogen-bond donors (Lipinski definition) is 2. The molecular weight excluding hydrogens is 328 g/mol. The number of nitro groups is 1. The molecule has 2 aromatic heterocycles. The lowest BCUT2D eigenvalue weighted by Gasteiger charge is -2.10. The van der Waals surface area contributed by atoms with Gasteiger partial charge in [0.2, 0.25) is 5.78 Å². The van der Waals surface area contributed by atoms with E-state index in [4.69, 9.17) is 0 Å². The first-order chi connectivity index (χ1) is 11.6. The molecule has 6 nitrogen and oxygen atoms in total. The van der Waals surface area contributed by atoms with Crippen LogP contribution in [-0.2, 0) is 12.8 Å². The number of aryl methyl sites for hydroxylation is 2. The molecule has 4 rings (SSSR count). The Bertz CT molecular complexity index is 986. The van der Waals surface area contributed by atoms with Gasteiger partial charge in [-0.2, -0.15) is 0 Å². The fourth-order valence-corrected chi connectivity index (χ4v) is 4.57. The predicted molar refractivity (Wildman–Crippen MR) is 91.0 cm³/mol. The van der Waals surface area contributed by atoms with Crippen molar-refractivity contribution >= 4 is 33.0 Å². The number of ketones is 1. The van der Waals surface area contributed by atoms with Crippen LogP contribution in [0.3, 0.4) is 0 Å². The van der Waals surface area contributed by atoms with E-state index in [1.807, 2.05) is 0 Å². The molecule has 2 N–H and O–H groups in total. The molecule has 3 aromatic rings. The Kier molecular flexibility index (Phi) is 3.38. The summed E-state index contributed by atoms with van der Waals surface area (Å²) in [6.45, 7) is 0. The largest absolute Gasteiger partial charge is 0.505 e. The maximum atomic E-state index is 12.7. The van der Waals surface area contributed by atoms with Crippen molar-refractivity contribution in [3.63, 3.8) is 0 Å². The van der Waals surface area contributed by atoms with Crippen LogP contribution in [0.4, 0.5) is 5.69 Å². The summed E-state index contributed by atoms with van der Waals surface area (Å²) >= 11 is 1.58. The molecule has 0 unspecified atom stereocenters. The molecule has 0 aliphatic heterocycles. The number of thiophene rings is 1. The van der Waals surface area contributed by atoms with Gasteiger partial charge in [-0.3, -0.25) is 14.9 Å². The number of nitro benzene ring substituents is 1. The molecule has 1 aliphatic carbocycles. The summed E-state index contributed by atoms with van der Waals surface area (Å²) < 4.78 is 0. The first kappa shape index (κ1) is 14.9. The Balaban J connectivity index is 1.80. The summed E-state index contributed by atoms with van der Waals surface area (Å²) in [5.74, 6) is -0.481. The Labute approximate surface area is 140 Å². The molecule has 0 spiro atoms. The number of aromatic nitrogens is 1. The van der Waals surface area contributed by atoms with Gasteiger partial charge >= 0.3 is 0 Å². The highest BCUT2D eigenvalue weighted by Crippen LogP contribution is 2.42. The first-order valence-corrected chi connectivity index (χ1v) is 8.52. The Morgan fingerprint density at radius 1 is 1.29 bits per heavy atom. The third-order valence-electron chi connectivity index (χ3n) is 4.43.